The van der Waals surface area contributed by atoms with Gasteiger partial charge in [-0.1, -0.05) is 32.1 Å². The maximum absolute atomic E-state index is 15.4. The number of nitrogens with one attached hydrogen (secondary N) is 2. The summed E-state index contributed by atoms with van der Waals surface area (Å²) in [6, 6.07) is 10.8. The molecule has 0 bridgehead atoms. The standard InChI is InChI=1S/C26H27FN6O3.2H2/c1-25(2,3)22-11-15-10-18(17(27)13-19(15)33(22)9-6-23-29-31-32-30-23)28-24(34)26(7-8-26)16-4-5-20-21(12-16)36-14-35-20;;/h4-5,10-13H,6-9,14H2,1-3H3,(H,28,34)(H,29,30,31,32);2*1H. The van der Waals surface area contributed by atoms with Gasteiger partial charge in [0.15, 0.2) is 17.3 Å². The van der Waals surface area contributed by atoms with Crippen LogP contribution in [0.3, 0.4) is 0 Å². The smallest absolute Gasteiger partial charge is 0.235 e. The van der Waals surface area contributed by atoms with Gasteiger partial charge in [-0.25, -0.2) is 4.39 Å². The molecule has 0 saturated heterocycles. The normalized spacial score (nSPS) is 15.9. The lowest BCUT2D eigenvalue weighted by Crippen LogP contribution is -2.28. The number of ether oxygens (including phenoxy) is 2. The molecule has 1 fully saturated rings. The van der Waals surface area contributed by atoms with Gasteiger partial charge in [0, 0.05) is 38.4 Å². The Morgan fingerprint density at radius 2 is 2.00 bits per heavy atom. The van der Waals surface area contributed by atoms with Crippen LogP contribution in [0.4, 0.5) is 10.1 Å². The maximum Gasteiger partial charge on any atom is 0.235 e. The number of fused-ring (bicyclic) bond motifs is 2. The van der Waals surface area contributed by atoms with Crippen molar-refractivity contribution < 1.29 is 21.5 Å². The zero-order chi connectivity index (χ0) is 25.1. The third-order valence-corrected chi connectivity index (χ3v) is 7.06. The molecule has 0 spiro atoms. The van der Waals surface area contributed by atoms with Gasteiger partial charge >= 0.3 is 0 Å². The number of halogens is 1. The van der Waals surface area contributed by atoms with E-state index in [1.807, 2.05) is 18.2 Å². The number of carbonyl (C=O) groups is 1. The predicted molar refractivity (Wildman–Crippen MR) is 135 cm³/mol. The van der Waals surface area contributed by atoms with Crippen LogP contribution in [-0.4, -0.2) is 37.9 Å². The minimum atomic E-state index is -0.685. The van der Waals surface area contributed by atoms with Crippen molar-refractivity contribution in [3.8, 4) is 11.5 Å². The molecule has 1 aliphatic heterocycles. The second-order valence-electron chi connectivity index (χ2n) is 10.5. The second-order valence-corrected chi connectivity index (χ2v) is 10.5. The molecule has 4 aromatic rings. The van der Waals surface area contributed by atoms with Gasteiger partial charge in [-0.15, -0.1) is 10.2 Å². The molecule has 2 aliphatic rings. The lowest BCUT2D eigenvalue weighted by Gasteiger charge is -2.22. The Bertz CT molecular complexity index is 1480. The van der Waals surface area contributed by atoms with E-state index in [9.17, 15) is 4.79 Å². The highest BCUT2D eigenvalue weighted by atomic mass is 19.1. The van der Waals surface area contributed by atoms with Crippen molar-refractivity contribution in [2.75, 3.05) is 12.1 Å². The number of nitrogens with zero attached hydrogens (tertiary/aromatic N) is 4. The molecular weight excluding hydrogens is 463 g/mol. The first-order valence-electron chi connectivity index (χ1n) is 12.0. The van der Waals surface area contributed by atoms with Crippen LogP contribution in [0, 0.1) is 5.82 Å². The molecule has 1 amide bonds. The number of carbonyl (C=O) groups excluding carboxylic acids is 1. The minimum absolute atomic E-state index is 0. The molecule has 190 valence electrons. The average molecular weight is 495 g/mol. The van der Waals surface area contributed by atoms with Crippen LogP contribution in [0.25, 0.3) is 10.9 Å². The Hall–Kier alpha value is -3.95. The highest BCUT2D eigenvalue weighted by molar-refractivity contribution is 6.02. The number of H-pyrrole nitrogens is 1. The molecule has 10 heteroatoms. The number of hydrogen-bond acceptors (Lipinski definition) is 6. The van der Waals surface area contributed by atoms with Crippen LogP contribution in [0.1, 0.15) is 53.5 Å². The van der Waals surface area contributed by atoms with E-state index in [1.165, 1.54) is 6.07 Å². The summed E-state index contributed by atoms with van der Waals surface area (Å²) in [5.41, 5.74) is 1.99. The number of aryl methyl sites for hydroxylation is 2. The lowest BCUT2D eigenvalue weighted by atomic mass is 9.92. The molecule has 0 unspecified atom stereocenters. The number of rotatable bonds is 6. The Balaban J connectivity index is 0.00000168. The first kappa shape index (κ1) is 22.5. The monoisotopic (exact) mass is 494 g/mol. The third kappa shape index (κ3) is 3.77. The molecule has 2 N–H and O–H groups in total. The molecule has 36 heavy (non-hydrogen) atoms. The zero-order valence-electron chi connectivity index (χ0n) is 20.4. The molecular formula is C26H31FN6O3. The van der Waals surface area contributed by atoms with Crippen molar-refractivity contribution in [3.63, 3.8) is 0 Å². The predicted octanol–water partition coefficient (Wildman–Crippen LogP) is 4.72. The van der Waals surface area contributed by atoms with E-state index in [2.05, 4.69) is 57.3 Å². The number of aromatic amines is 1. The largest absolute Gasteiger partial charge is 0.454 e. The molecule has 0 radical (unpaired) electrons. The number of aromatic nitrogens is 5. The lowest BCUT2D eigenvalue weighted by molar-refractivity contribution is -0.118. The topological polar surface area (TPSA) is 107 Å². The van der Waals surface area contributed by atoms with Crippen LogP contribution in [-0.2, 0) is 28.6 Å². The van der Waals surface area contributed by atoms with Gasteiger partial charge in [0.2, 0.25) is 12.7 Å². The average Bonchev–Trinajstić information content (AvgIpc) is 3.16. The highest BCUT2D eigenvalue weighted by Crippen LogP contribution is 2.51. The summed E-state index contributed by atoms with van der Waals surface area (Å²) in [6.07, 6.45) is 1.95. The van der Waals surface area contributed by atoms with E-state index in [0.29, 0.717) is 43.1 Å². The molecule has 6 rings (SSSR count). The van der Waals surface area contributed by atoms with Crippen LogP contribution >= 0.6 is 0 Å². The molecule has 1 aliphatic carbocycles. The molecule has 1 saturated carbocycles. The highest BCUT2D eigenvalue weighted by Gasteiger charge is 2.52. The quantitative estimate of drug-likeness (QED) is 0.402. The molecule has 0 atom stereocenters. The fourth-order valence-corrected chi connectivity index (χ4v) is 4.95. The van der Waals surface area contributed by atoms with Crippen molar-refractivity contribution in [3.05, 3.63) is 59.3 Å². The van der Waals surface area contributed by atoms with Crippen molar-refractivity contribution >= 4 is 22.5 Å². The van der Waals surface area contributed by atoms with Crippen LogP contribution in [0.5, 0.6) is 11.5 Å². The van der Waals surface area contributed by atoms with Gasteiger partial charge in [0.25, 0.3) is 0 Å². The SMILES string of the molecule is CC(C)(C)c1cc2cc(NC(=O)C3(c4ccc5c(c4)OCO5)CC3)c(F)cc2n1CCc1nn[nH]n1.[HH].[HH]. The van der Waals surface area contributed by atoms with E-state index in [-0.39, 0.29) is 26.7 Å². The van der Waals surface area contributed by atoms with Gasteiger partial charge < -0.3 is 19.4 Å². The Kier molecular flexibility index (Phi) is 5.03. The Labute approximate surface area is 209 Å². The third-order valence-electron chi connectivity index (χ3n) is 7.06. The minimum Gasteiger partial charge on any atom is -0.454 e. The number of benzene rings is 2. The summed E-state index contributed by atoms with van der Waals surface area (Å²) in [6.45, 7) is 7.11. The molecule has 2 aromatic carbocycles. The Morgan fingerprint density at radius 3 is 2.72 bits per heavy atom. The maximum atomic E-state index is 15.4. The van der Waals surface area contributed by atoms with Gasteiger partial charge in [-0.2, -0.15) is 5.21 Å². The summed E-state index contributed by atoms with van der Waals surface area (Å²) in [5.74, 6) is 1.21. The molecule has 3 heterocycles. The van der Waals surface area contributed by atoms with Crippen LogP contribution < -0.4 is 14.8 Å². The second kappa shape index (κ2) is 8.04. The van der Waals surface area contributed by atoms with E-state index in [4.69, 9.17) is 9.47 Å². The summed E-state index contributed by atoms with van der Waals surface area (Å²) in [5, 5.41) is 17.9. The van der Waals surface area contributed by atoms with Crippen molar-refractivity contribution in [1.82, 2.24) is 25.2 Å². The first-order valence-corrected chi connectivity index (χ1v) is 12.0. The van der Waals surface area contributed by atoms with Gasteiger partial charge in [-0.3, -0.25) is 4.79 Å². The van der Waals surface area contributed by atoms with Crippen LogP contribution in [0.2, 0.25) is 0 Å². The van der Waals surface area contributed by atoms with Gasteiger partial charge in [-0.05, 0) is 42.7 Å². The number of tetrazole rings is 1. The molecule has 2 aromatic heterocycles. The first-order chi connectivity index (χ1) is 17.2. The number of anilines is 1. The summed E-state index contributed by atoms with van der Waals surface area (Å²) < 4.78 is 28.3. The van der Waals surface area contributed by atoms with E-state index < -0.39 is 11.2 Å². The van der Waals surface area contributed by atoms with E-state index in [1.54, 1.807) is 6.07 Å². The summed E-state index contributed by atoms with van der Waals surface area (Å²) >= 11 is 0. The number of amides is 1. The van der Waals surface area contributed by atoms with Gasteiger partial charge in [0.1, 0.15) is 5.82 Å². The summed E-state index contributed by atoms with van der Waals surface area (Å²) in [7, 11) is 0. The van der Waals surface area contributed by atoms with E-state index in [0.717, 1.165) is 22.2 Å². The zero-order valence-corrected chi connectivity index (χ0v) is 20.4. The van der Waals surface area contributed by atoms with Crippen LogP contribution in [0.15, 0.2) is 36.4 Å². The van der Waals surface area contributed by atoms with Crippen molar-refractivity contribution in [2.45, 2.75) is 57.4 Å². The molecule has 9 nitrogen and oxygen atoms in total. The van der Waals surface area contributed by atoms with Gasteiger partial charge in [0.05, 0.1) is 16.6 Å². The van der Waals surface area contributed by atoms with Crippen molar-refractivity contribution in [1.29, 1.82) is 0 Å². The number of hydrogen-bond donors (Lipinski definition) is 2. The van der Waals surface area contributed by atoms with Crippen molar-refractivity contribution in [2.24, 2.45) is 0 Å². The summed E-state index contributed by atoms with van der Waals surface area (Å²) in [4.78, 5) is 13.4. The fourth-order valence-electron chi connectivity index (χ4n) is 4.95. The Morgan fingerprint density at radius 1 is 1.19 bits per heavy atom. The fraction of sp³-hybridized carbons (Fsp3) is 0.385. The van der Waals surface area contributed by atoms with E-state index >= 15 is 4.39 Å².